The highest BCUT2D eigenvalue weighted by Gasteiger charge is 2.17. The van der Waals surface area contributed by atoms with E-state index < -0.39 is 5.69 Å². The molecule has 0 saturated carbocycles. The second-order valence-electron chi connectivity index (χ2n) is 6.92. The molecule has 9 heteroatoms. The van der Waals surface area contributed by atoms with E-state index in [1.54, 1.807) is 35.2 Å². The number of carbonyl (C=O) groups is 1. The van der Waals surface area contributed by atoms with E-state index in [9.17, 15) is 9.59 Å². The lowest BCUT2D eigenvalue weighted by atomic mass is 9.99. The summed E-state index contributed by atoms with van der Waals surface area (Å²) in [6.07, 6.45) is 8.65. The van der Waals surface area contributed by atoms with Crippen LogP contribution in [0.25, 0.3) is 5.65 Å². The number of hydrogen-bond acceptors (Lipinski definition) is 6. The summed E-state index contributed by atoms with van der Waals surface area (Å²) in [5.74, 6) is 0.413. The lowest BCUT2D eigenvalue weighted by Crippen LogP contribution is -2.35. The number of hydrogen-bond donors (Lipinski definition) is 1. The van der Waals surface area contributed by atoms with Gasteiger partial charge in [0.05, 0.1) is 23.8 Å². The van der Waals surface area contributed by atoms with E-state index in [4.69, 9.17) is 0 Å². The summed E-state index contributed by atoms with van der Waals surface area (Å²) in [6.45, 7) is 4.02. The summed E-state index contributed by atoms with van der Waals surface area (Å²) in [5, 5.41) is 6.81. The molecule has 0 spiro atoms. The summed E-state index contributed by atoms with van der Waals surface area (Å²) >= 11 is 0. The van der Waals surface area contributed by atoms with Gasteiger partial charge < -0.3 is 10.2 Å². The van der Waals surface area contributed by atoms with Crippen molar-refractivity contribution < 1.29 is 4.79 Å². The Balaban J connectivity index is 1.47. The van der Waals surface area contributed by atoms with Gasteiger partial charge in [0.1, 0.15) is 12.9 Å². The molecule has 1 aliphatic heterocycles. The van der Waals surface area contributed by atoms with Crippen molar-refractivity contribution in [3.05, 3.63) is 47.5 Å². The fraction of sp³-hybridized carbons (Fsp3) is 0.389. The van der Waals surface area contributed by atoms with Crippen LogP contribution in [0.1, 0.15) is 19.8 Å². The third-order valence-electron chi connectivity index (χ3n) is 4.86. The molecule has 4 rings (SSSR count). The van der Waals surface area contributed by atoms with Crippen LogP contribution in [0.3, 0.4) is 0 Å². The number of fused-ring (bicyclic) bond motifs is 1. The van der Waals surface area contributed by atoms with Crippen molar-refractivity contribution in [3.8, 4) is 0 Å². The smallest absolute Gasteiger partial charge is 0.348 e. The van der Waals surface area contributed by atoms with Crippen LogP contribution in [0.2, 0.25) is 0 Å². The van der Waals surface area contributed by atoms with Gasteiger partial charge in [-0.2, -0.15) is 10.1 Å². The molecule has 1 amide bonds. The Morgan fingerprint density at radius 2 is 2.04 bits per heavy atom. The van der Waals surface area contributed by atoms with Crippen LogP contribution >= 0.6 is 0 Å². The summed E-state index contributed by atoms with van der Waals surface area (Å²) in [4.78, 5) is 34.6. The highest BCUT2D eigenvalue weighted by atomic mass is 16.2. The van der Waals surface area contributed by atoms with Crippen molar-refractivity contribution in [2.24, 2.45) is 5.92 Å². The number of piperidine rings is 1. The summed E-state index contributed by atoms with van der Waals surface area (Å²) in [6, 6.07) is 3.50. The van der Waals surface area contributed by atoms with E-state index in [1.165, 1.54) is 10.9 Å². The fourth-order valence-electron chi connectivity index (χ4n) is 3.23. The Morgan fingerprint density at radius 1 is 1.22 bits per heavy atom. The summed E-state index contributed by atoms with van der Waals surface area (Å²) < 4.78 is 2.91. The number of rotatable bonds is 4. The second kappa shape index (κ2) is 7.18. The zero-order valence-corrected chi connectivity index (χ0v) is 15.1. The van der Waals surface area contributed by atoms with Gasteiger partial charge in [0.15, 0.2) is 5.65 Å². The van der Waals surface area contributed by atoms with E-state index >= 15 is 0 Å². The van der Waals surface area contributed by atoms with Crippen molar-refractivity contribution in [2.45, 2.75) is 26.3 Å². The van der Waals surface area contributed by atoms with Crippen LogP contribution in [0.15, 0.2) is 41.8 Å². The monoisotopic (exact) mass is 367 g/mol. The van der Waals surface area contributed by atoms with Crippen LogP contribution in [-0.2, 0) is 11.3 Å². The molecule has 1 saturated heterocycles. The molecule has 0 aliphatic carbocycles. The van der Waals surface area contributed by atoms with E-state index in [2.05, 4.69) is 32.2 Å². The molecule has 3 aromatic rings. The summed E-state index contributed by atoms with van der Waals surface area (Å²) in [5.41, 5.74) is 1.71. The number of nitrogens with zero attached hydrogens (tertiary/aromatic N) is 6. The Kier molecular flexibility index (Phi) is 4.57. The van der Waals surface area contributed by atoms with E-state index in [0.717, 1.165) is 31.6 Å². The van der Waals surface area contributed by atoms with Crippen LogP contribution in [-0.4, -0.2) is 43.1 Å². The first-order chi connectivity index (χ1) is 13.1. The normalized spacial score (nSPS) is 15.2. The van der Waals surface area contributed by atoms with Crippen LogP contribution < -0.4 is 15.9 Å². The van der Waals surface area contributed by atoms with Gasteiger partial charge in [0.25, 0.3) is 0 Å². The topological polar surface area (TPSA) is 97.4 Å². The highest BCUT2D eigenvalue weighted by molar-refractivity contribution is 5.90. The lowest BCUT2D eigenvalue weighted by Gasteiger charge is -2.31. The van der Waals surface area contributed by atoms with Crippen molar-refractivity contribution in [1.82, 2.24) is 24.1 Å². The minimum absolute atomic E-state index is 0.0979. The van der Waals surface area contributed by atoms with Gasteiger partial charge in [0, 0.05) is 19.3 Å². The molecule has 27 heavy (non-hydrogen) atoms. The van der Waals surface area contributed by atoms with E-state index in [1.807, 2.05) is 0 Å². The third kappa shape index (κ3) is 3.81. The van der Waals surface area contributed by atoms with Gasteiger partial charge in [0.2, 0.25) is 5.91 Å². The highest BCUT2D eigenvalue weighted by Crippen LogP contribution is 2.21. The van der Waals surface area contributed by atoms with Gasteiger partial charge in [-0.1, -0.05) is 6.92 Å². The SMILES string of the molecule is CC1CCN(c2cnc(=O)n(CC(=O)Nc3ccc4ncnn4c3)c2)CC1. The van der Waals surface area contributed by atoms with Gasteiger partial charge in [-0.3, -0.25) is 9.36 Å². The quantitative estimate of drug-likeness (QED) is 0.743. The first kappa shape index (κ1) is 17.2. The molecule has 0 atom stereocenters. The molecule has 4 heterocycles. The molecule has 140 valence electrons. The number of anilines is 2. The van der Waals surface area contributed by atoms with Gasteiger partial charge in [-0.15, -0.1) is 0 Å². The van der Waals surface area contributed by atoms with E-state index in [0.29, 0.717) is 17.3 Å². The zero-order chi connectivity index (χ0) is 18.8. The first-order valence-corrected chi connectivity index (χ1v) is 8.99. The average molecular weight is 367 g/mol. The molecule has 0 unspecified atom stereocenters. The molecule has 0 radical (unpaired) electrons. The maximum atomic E-state index is 12.4. The zero-order valence-electron chi connectivity index (χ0n) is 15.1. The third-order valence-corrected chi connectivity index (χ3v) is 4.86. The van der Waals surface area contributed by atoms with Gasteiger partial charge >= 0.3 is 5.69 Å². The van der Waals surface area contributed by atoms with Crippen LogP contribution in [0.4, 0.5) is 11.4 Å². The molecular formula is C18H21N7O2. The van der Waals surface area contributed by atoms with Crippen molar-refractivity contribution in [3.63, 3.8) is 0 Å². The molecule has 0 bridgehead atoms. The lowest BCUT2D eigenvalue weighted by molar-refractivity contribution is -0.116. The van der Waals surface area contributed by atoms with E-state index in [-0.39, 0.29) is 12.5 Å². The number of pyridine rings is 1. The molecular weight excluding hydrogens is 346 g/mol. The van der Waals surface area contributed by atoms with Gasteiger partial charge in [-0.05, 0) is 30.9 Å². The maximum Gasteiger partial charge on any atom is 0.348 e. The number of aromatic nitrogens is 5. The largest absolute Gasteiger partial charge is 0.369 e. The molecule has 3 aromatic heterocycles. The predicted octanol–water partition coefficient (Wildman–Crippen LogP) is 1.16. The minimum atomic E-state index is -0.439. The standard InChI is InChI=1S/C18H21N7O2/c1-13-4-6-23(7-5-13)15-8-19-18(27)24(10-15)11-17(26)22-14-2-3-16-20-12-21-25(16)9-14/h2-3,8-10,12-13H,4-7,11H2,1H3,(H,22,26). The van der Waals surface area contributed by atoms with Crippen molar-refractivity contribution in [2.75, 3.05) is 23.3 Å². The minimum Gasteiger partial charge on any atom is -0.369 e. The average Bonchev–Trinajstić information content (AvgIpc) is 3.12. The Bertz CT molecular complexity index is 1020. The van der Waals surface area contributed by atoms with Crippen LogP contribution in [0, 0.1) is 5.92 Å². The Labute approximate surface area is 155 Å². The molecule has 0 aromatic carbocycles. The molecule has 1 aliphatic rings. The second-order valence-corrected chi connectivity index (χ2v) is 6.92. The van der Waals surface area contributed by atoms with Crippen LogP contribution in [0.5, 0.6) is 0 Å². The van der Waals surface area contributed by atoms with Crippen molar-refractivity contribution in [1.29, 1.82) is 0 Å². The first-order valence-electron chi connectivity index (χ1n) is 8.99. The fourth-order valence-corrected chi connectivity index (χ4v) is 3.23. The number of nitrogens with one attached hydrogen (secondary N) is 1. The molecule has 1 N–H and O–H groups in total. The molecule has 1 fully saturated rings. The summed E-state index contributed by atoms with van der Waals surface area (Å²) in [7, 11) is 0. The number of amides is 1. The maximum absolute atomic E-state index is 12.4. The Hall–Kier alpha value is -3.23. The van der Waals surface area contributed by atoms with Crippen molar-refractivity contribution >= 4 is 22.9 Å². The predicted molar refractivity (Wildman–Crippen MR) is 101 cm³/mol. The van der Waals surface area contributed by atoms with Gasteiger partial charge in [-0.25, -0.2) is 14.3 Å². The Morgan fingerprint density at radius 3 is 2.85 bits per heavy atom. The molecule has 9 nitrogen and oxygen atoms in total. The number of carbonyl (C=O) groups excluding carboxylic acids is 1.